The highest BCUT2D eigenvalue weighted by Crippen LogP contribution is 2.27. The van der Waals surface area contributed by atoms with Crippen LogP contribution in [0.25, 0.3) is 11.1 Å². The SMILES string of the molecule is N#Cc1ccc(-c2ccc(OC(Cn3cncn3)c3ccc(F)cc3F)nc2)cc1. The number of pyridine rings is 1. The number of nitrogens with zero attached hydrogens (tertiary/aromatic N) is 5. The fourth-order valence-corrected chi connectivity index (χ4v) is 2.96. The molecule has 0 amide bonds. The Morgan fingerprint density at radius 2 is 1.83 bits per heavy atom. The molecule has 148 valence electrons. The normalized spacial score (nSPS) is 11.6. The third kappa shape index (κ3) is 4.31. The van der Waals surface area contributed by atoms with Gasteiger partial charge in [0.25, 0.3) is 0 Å². The molecule has 8 heteroatoms. The van der Waals surface area contributed by atoms with Crippen LogP contribution in [0, 0.1) is 23.0 Å². The van der Waals surface area contributed by atoms with E-state index < -0.39 is 17.7 Å². The van der Waals surface area contributed by atoms with Crippen molar-refractivity contribution in [2.24, 2.45) is 0 Å². The number of hydrogen-bond donors (Lipinski definition) is 0. The van der Waals surface area contributed by atoms with Crippen molar-refractivity contribution in [1.82, 2.24) is 19.7 Å². The van der Waals surface area contributed by atoms with Crippen LogP contribution in [0.15, 0.2) is 73.4 Å². The van der Waals surface area contributed by atoms with Crippen LogP contribution >= 0.6 is 0 Å². The van der Waals surface area contributed by atoms with E-state index >= 15 is 0 Å². The van der Waals surface area contributed by atoms with Gasteiger partial charge in [0.15, 0.2) is 0 Å². The van der Waals surface area contributed by atoms with E-state index in [-0.39, 0.29) is 18.0 Å². The molecule has 1 atom stereocenters. The van der Waals surface area contributed by atoms with Crippen molar-refractivity contribution < 1.29 is 13.5 Å². The summed E-state index contributed by atoms with van der Waals surface area (Å²) in [7, 11) is 0. The Balaban J connectivity index is 1.58. The van der Waals surface area contributed by atoms with Crippen LogP contribution in [0.1, 0.15) is 17.2 Å². The third-order valence-corrected chi connectivity index (χ3v) is 4.48. The summed E-state index contributed by atoms with van der Waals surface area (Å²) < 4.78 is 35.1. The van der Waals surface area contributed by atoms with Gasteiger partial charge in [-0.1, -0.05) is 12.1 Å². The maximum Gasteiger partial charge on any atom is 0.213 e. The van der Waals surface area contributed by atoms with E-state index in [9.17, 15) is 8.78 Å². The first-order valence-corrected chi connectivity index (χ1v) is 9.03. The lowest BCUT2D eigenvalue weighted by atomic mass is 10.1. The number of aromatic nitrogens is 4. The number of ether oxygens (including phenoxy) is 1. The first-order valence-electron chi connectivity index (χ1n) is 9.03. The number of rotatable bonds is 6. The van der Waals surface area contributed by atoms with Crippen LogP contribution in [-0.4, -0.2) is 19.7 Å². The molecule has 30 heavy (non-hydrogen) atoms. The summed E-state index contributed by atoms with van der Waals surface area (Å²) in [5.74, 6) is -1.10. The predicted molar refractivity (Wildman–Crippen MR) is 104 cm³/mol. The average molecular weight is 403 g/mol. The molecule has 2 heterocycles. The molecular weight excluding hydrogens is 388 g/mol. The van der Waals surface area contributed by atoms with Crippen LogP contribution in [0.2, 0.25) is 0 Å². The van der Waals surface area contributed by atoms with Crippen LogP contribution < -0.4 is 4.74 Å². The molecule has 0 spiro atoms. The van der Waals surface area contributed by atoms with Crippen molar-refractivity contribution in [3.63, 3.8) is 0 Å². The molecule has 0 aliphatic carbocycles. The van der Waals surface area contributed by atoms with E-state index in [1.807, 2.05) is 18.2 Å². The molecule has 0 fully saturated rings. The third-order valence-electron chi connectivity index (χ3n) is 4.48. The molecule has 0 saturated heterocycles. The van der Waals surface area contributed by atoms with E-state index in [4.69, 9.17) is 10.00 Å². The maximum absolute atomic E-state index is 14.4. The molecule has 0 N–H and O–H groups in total. The number of hydrogen-bond acceptors (Lipinski definition) is 5. The first kappa shape index (κ1) is 19.2. The van der Waals surface area contributed by atoms with Gasteiger partial charge < -0.3 is 4.74 Å². The summed E-state index contributed by atoms with van der Waals surface area (Å²) in [6.07, 6.45) is 3.69. The summed E-state index contributed by atoms with van der Waals surface area (Å²) in [4.78, 5) is 8.19. The summed E-state index contributed by atoms with van der Waals surface area (Å²) in [6.45, 7) is 0.168. The zero-order valence-electron chi connectivity index (χ0n) is 15.6. The van der Waals surface area contributed by atoms with Crippen LogP contribution in [-0.2, 0) is 6.54 Å². The van der Waals surface area contributed by atoms with Crippen LogP contribution in [0.4, 0.5) is 8.78 Å². The van der Waals surface area contributed by atoms with Crippen LogP contribution in [0.5, 0.6) is 5.88 Å². The Hall–Kier alpha value is -4.12. The van der Waals surface area contributed by atoms with Crippen molar-refractivity contribution in [2.45, 2.75) is 12.6 Å². The topological polar surface area (TPSA) is 76.6 Å². The second-order valence-electron chi connectivity index (χ2n) is 6.46. The monoisotopic (exact) mass is 403 g/mol. The lowest BCUT2D eigenvalue weighted by Gasteiger charge is -2.19. The molecule has 0 aliphatic rings. The van der Waals surface area contributed by atoms with Crippen molar-refractivity contribution in [3.8, 4) is 23.1 Å². The van der Waals surface area contributed by atoms with Gasteiger partial charge in [0.2, 0.25) is 5.88 Å². The molecule has 1 unspecified atom stereocenters. The molecule has 0 radical (unpaired) electrons. The molecule has 0 saturated carbocycles. The van der Waals surface area contributed by atoms with E-state index in [2.05, 4.69) is 21.1 Å². The van der Waals surface area contributed by atoms with Gasteiger partial charge in [-0.3, -0.25) is 0 Å². The highest BCUT2D eigenvalue weighted by Gasteiger charge is 2.20. The quantitative estimate of drug-likeness (QED) is 0.479. The zero-order chi connectivity index (χ0) is 20.9. The zero-order valence-corrected chi connectivity index (χ0v) is 15.6. The van der Waals surface area contributed by atoms with Crippen molar-refractivity contribution in [2.75, 3.05) is 0 Å². The summed E-state index contributed by atoms with van der Waals surface area (Å²) in [5, 5.41) is 12.9. The van der Waals surface area contributed by atoms with E-state index in [0.29, 0.717) is 5.56 Å². The number of nitriles is 1. The van der Waals surface area contributed by atoms with Gasteiger partial charge in [0.1, 0.15) is 30.4 Å². The second-order valence-corrected chi connectivity index (χ2v) is 6.46. The standard InChI is InChI=1S/C22H15F2N5O/c23-18-6-7-19(20(24)9-18)21(12-29-14-26-13-28-29)30-22-8-5-17(11-27-22)16-3-1-15(10-25)2-4-16/h1-9,11,13-14,21H,12H2. The largest absolute Gasteiger partial charge is 0.467 e. The lowest BCUT2D eigenvalue weighted by Crippen LogP contribution is -2.17. The molecule has 6 nitrogen and oxygen atoms in total. The van der Waals surface area contributed by atoms with E-state index in [0.717, 1.165) is 17.2 Å². The van der Waals surface area contributed by atoms with E-state index in [1.165, 1.54) is 29.5 Å². The van der Waals surface area contributed by atoms with E-state index in [1.54, 1.807) is 24.4 Å². The maximum atomic E-state index is 14.4. The van der Waals surface area contributed by atoms with Gasteiger partial charge in [0, 0.05) is 29.5 Å². The highest BCUT2D eigenvalue weighted by molar-refractivity contribution is 5.63. The predicted octanol–water partition coefficient (Wildman–Crippen LogP) is 4.31. The van der Waals surface area contributed by atoms with Gasteiger partial charge in [-0.05, 0) is 35.9 Å². The van der Waals surface area contributed by atoms with Crippen LogP contribution in [0.3, 0.4) is 0 Å². The Morgan fingerprint density at radius 3 is 2.47 bits per heavy atom. The highest BCUT2D eigenvalue weighted by atomic mass is 19.1. The Bertz CT molecular complexity index is 1170. The van der Waals surface area contributed by atoms with Gasteiger partial charge >= 0.3 is 0 Å². The summed E-state index contributed by atoms with van der Waals surface area (Å²) in [6, 6.07) is 16.0. The fourth-order valence-electron chi connectivity index (χ4n) is 2.96. The van der Waals surface area contributed by atoms with Gasteiger partial charge in [-0.15, -0.1) is 0 Å². The molecular formula is C22H15F2N5O. The molecule has 0 aliphatic heterocycles. The minimum Gasteiger partial charge on any atom is -0.467 e. The Labute approximate surface area is 171 Å². The van der Waals surface area contributed by atoms with Crippen molar-refractivity contribution in [1.29, 1.82) is 5.26 Å². The first-order chi connectivity index (χ1) is 14.6. The second kappa shape index (κ2) is 8.49. The number of benzene rings is 2. The van der Waals surface area contributed by atoms with Crippen molar-refractivity contribution in [3.05, 3.63) is 96.2 Å². The molecule has 0 bridgehead atoms. The lowest BCUT2D eigenvalue weighted by molar-refractivity contribution is 0.166. The Morgan fingerprint density at radius 1 is 1.03 bits per heavy atom. The fraction of sp³-hybridized carbons (Fsp3) is 0.0909. The number of halogens is 2. The van der Waals surface area contributed by atoms with Gasteiger partial charge in [-0.2, -0.15) is 10.4 Å². The summed E-state index contributed by atoms with van der Waals surface area (Å²) in [5.41, 5.74) is 2.50. The molecule has 4 aromatic rings. The Kier molecular flexibility index (Phi) is 5.44. The minimum absolute atomic E-state index is 0.168. The minimum atomic E-state index is -0.791. The molecule has 4 rings (SSSR count). The van der Waals surface area contributed by atoms with Gasteiger partial charge in [-0.25, -0.2) is 23.4 Å². The molecule has 2 aromatic carbocycles. The summed E-state index contributed by atoms with van der Waals surface area (Å²) >= 11 is 0. The smallest absolute Gasteiger partial charge is 0.213 e. The van der Waals surface area contributed by atoms with Gasteiger partial charge in [0.05, 0.1) is 18.2 Å². The molecule has 2 aromatic heterocycles. The van der Waals surface area contributed by atoms with Crippen molar-refractivity contribution >= 4 is 0 Å². The average Bonchev–Trinajstić information content (AvgIpc) is 3.27.